The van der Waals surface area contributed by atoms with Crippen molar-refractivity contribution in [1.82, 2.24) is 14.9 Å². The van der Waals surface area contributed by atoms with Crippen molar-refractivity contribution in [3.8, 4) is 11.1 Å². The van der Waals surface area contributed by atoms with E-state index in [1.165, 1.54) is 13.0 Å². The van der Waals surface area contributed by atoms with Gasteiger partial charge in [0.2, 0.25) is 0 Å². The molecule has 1 saturated heterocycles. The van der Waals surface area contributed by atoms with E-state index < -0.39 is 11.9 Å². The van der Waals surface area contributed by atoms with Gasteiger partial charge in [0.05, 0.1) is 17.3 Å². The Morgan fingerprint density at radius 1 is 1.03 bits per heavy atom. The molecule has 5 rings (SSSR count). The first-order valence-corrected chi connectivity index (χ1v) is 10.9. The molecular formula is C26H22F3N3O. The summed E-state index contributed by atoms with van der Waals surface area (Å²) >= 11 is 0. The van der Waals surface area contributed by atoms with E-state index in [1.54, 1.807) is 4.90 Å². The van der Waals surface area contributed by atoms with Gasteiger partial charge in [-0.15, -0.1) is 0 Å². The molecule has 7 heteroatoms. The number of nitrogens with one attached hydrogen (secondary N) is 1. The number of hydrogen-bond acceptors (Lipinski definition) is 2. The number of alkyl halides is 3. The van der Waals surface area contributed by atoms with Crippen LogP contribution in [-0.4, -0.2) is 27.3 Å². The maximum absolute atomic E-state index is 13.5. The maximum Gasteiger partial charge on any atom is 0.433 e. The van der Waals surface area contributed by atoms with Crippen LogP contribution in [0.25, 0.3) is 22.0 Å². The van der Waals surface area contributed by atoms with Crippen LogP contribution in [0.15, 0.2) is 66.7 Å². The van der Waals surface area contributed by atoms with Gasteiger partial charge in [-0.3, -0.25) is 4.79 Å². The van der Waals surface area contributed by atoms with E-state index in [0.29, 0.717) is 6.54 Å². The number of pyridine rings is 1. The van der Waals surface area contributed by atoms with Crippen molar-refractivity contribution in [3.05, 3.63) is 89.4 Å². The fraction of sp³-hybridized carbons (Fsp3) is 0.231. The number of aromatic amines is 1. The summed E-state index contributed by atoms with van der Waals surface area (Å²) in [6.45, 7) is 1.99. The molecule has 33 heavy (non-hydrogen) atoms. The van der Waals surface area contributed by atoms with Gasteiger partial charge in [0.15, 0.2) is 0 Å². The zero-order valence-electron chi connectivity index (χ0n) is 18.0. The fourth-order valence-electron chi connectivity index (χ4n) is 4.74. The van der Waals surface area contributed by atoms with E-state index in [-0.39, 0.29) is 23.2 Å². The van der Waals surface area contributed by atoms with Crippen LogP contribution in [0.3, 0.4) is 0 Å². The molecule has 1 fully saturated rings. The lowest BCUT2D eigenvalue weighted by Crippen LogP contribution is -2.32. The molecule has 0 bridgehead atoms. The second-order valence-corrected chi connectivity index (χ2v) is 8.31. The Labute approximate surface area is 189 Å². The molecule has 3 heterocycles. The third kappa shape index (κ3) is 3.77. The first-order valence-electron chi connectivity index (χ1n) is 10.9. The van der Waals surface area contributed by atoms with E-state index in [4.69, 9.17) is 0 Å². The second-order valence-electron chi connectivity index (χ2n) is 8.31. The summed E-state index contributed by atoms with van der Waals surface area (Å²) in [5, 5.41) is 1.07. The molecule has 4 nitrogen and oxygen atoms in total. The summed E-state index contributed by atoms with van der Waals surface area (Å²) in [6.07, 6.45) is -2.96. The molecule has 2 aromatic heterocycles. The zero-order valence-corrected chi connectivity index (χ0v) is 18.0. The number of H-pyrrole nitrogens is 1. The Balaban J connectivity index is 1.57. The van der Waals surface area contributed by atoms with Gasteiger partial charge in [0, 0.05) is 28.7 Å². The average molecular weight is 449 g/mol. The molecule has 0 saturated carbocycles. The van der Waals surface area contributed by atoms with Gasteiger partial charge in [0.25, 0.3) is 5.91 Å². The van der Waals surface area contributed by atoms with Crippen LogP contribution in [0, 0.1) is 6.92 Å². The molecule has 1 aliphatic rings. The van der Waals surface area contributed by atoms with Crippen LogP contribution in [0.1, 0.15) is 46.3 Å². The monoisotopic (exact) mass is 449 g/mol. The summed E-state index contributed by atoms with van der Waals surface area (Å²) in [5.74, 6) is -0.297. The lowest BCUT2D eigenvalue weighted by atomic mass is 9.97. The Morgan fingerprint density at radius 3 is 2.48 bits per heavy atom. The number of halogens is 3. The Morgan fingerprint density at radius 2 is 1.76 bits per heavy atom. The molecule has 1 atom stereocenters. The number of rotatable bonds is 3. The van der Waals surface area contributed by atoms with Crippen LogP contribution >= 0.6 is 0 Å². The van der Waals surface area contributed by atoms with Gasteiger partial charge in [-0.2, -0.15) is 13.2 Å². The predicted molar refractivity (Wildman–Crippen MR) is 121 cm³/mol. The topological polar surface area (TPSA) is 49.0 Å². The highest BCUT2D eigenvalue weighted by atomic mass is 19.4. The smallest absolute Gasteiger partial charge is 0.356 e. The number of amides is 1. The van der Waals surface area contributed by atoms with Crippen molar-refractivity contribution in [2.75, 3.05) is 6.54 Å². The number of hydrogen-bond donors (Lipinski definition) is 1. The minimum Gasteiger partial charge on any atom is -0.356 e. The van der Waals surface area contributed by atoms with Crippen LogP contribution in [0.4, 0.5) is 13.2 Å². The average Bonchev–Trinajstić information content (AvgIpc) is 3.43. The number of nitrogens with zero attached hydrogens (tertiary/aromatic N) is 2. The molecular weight excluding hydrogens is 427 g/mol. The lowest BCUT2D eigenvalue weighted by Gasteiger charge is -2.26. The highest BCUT2D eigenvalue weighted by Gasteiger charge is 2.36. The number of likely N-dealkylation sites (tertiary alicyclic amines) is 1. The van der Waals surface area contributed by atoms with Gasteiger partial charge < -0.3 is 9.88 Å². The predicted octanol–water partition coefficient (Wildman–Crippen LogP) is 6.53. The van der Waals surface area contributed by atoms with E-state index in [0.717, 1.165) is 46.6 Å². The van der Waals surface area contributed by atoms with E-state index in [9.17, 15) is 18.0 Å². The van der Waals surface area contributed by atoms with Gasteiger partial charge in [-0.1, -0.05) is 48.5 Å². The minimum atomic E-state index is -4.54. The number of fused-ring (bicyclic) bond motifs is 1. The van der Waals surface area contributed by atoms with E-state index in [1.807, 2.05) is 48.5 Å². The summed E-state index contributed by atoms with van der Waals surface area (Å²) < 4.78 is 39.1. The van der Waals surface area contributed by atoms with Gasteiger partial charge in [-0.05, 0) is 43.5 Å². The lowest BCUT2D eigenvalue weighted by molar-refractivity contribution is -0.141. The number of benzene rings is 2. The third-order valence-corrected chi connectivity index (χ3v) is 6.25. The van der Waals surface area contributed by atoms with Crippen LogP contribution in [0.5, 0.6) is 0 Å². The molecule has 0 spiro atoms. The van der Waals surface area contributed by atoms with Crippen molar-refractivity contribution in [2.45, 2.75) is 32.0 Å². The fourth-order valence-corrected chi connectivity index (χ4v) is 4.74. The number of carbonyl (C=O) groups excluding carboxylic acids is 1. The largest absolute Gasteiger partial charge is 0.433 e. The Bertz CT molecular complexity index is 1330. The standard InChI is InChI=1S/C26H22F3N3O/c1-16-18(13-14-22(30-16)26(27,28)29)25(33)32-15-7-12-21(32)24-23(17-8-3-2-4-9-17)19-10-5-6-11-20(19)31-24/h2-6,8-11,13-14,21,31H,7,12,15H2,1H3. The zero-order chi connectivity index (χ0) is 23.2. The molecule has 2 aromatic carbocycles. The molecule has 1 aliphatic heterocycles. The van der Waals surface area contributed by atoms with Gasteiger partial charge in [-0.25, -0.2) is 4.98 Å². The SMILES string of the molecule is Cc1nc(C(F)(F)F)ccc1C(=O)N1CCCC1c1[nH]c2ccccc2c1-c1ccccc1. The third-order valence-electron chi connectivity index (χ3n) is 6.25. The quantitative estimate of drug-likeness (QED) is 0.386. The molecule has 4 aromatic rings. The highest BCUT2D eigenvalue weighted by Crippen LogP contribution is 2.42. The van der Waals surface area contributed by atoms with Gasteiger partial charge in [0.1, 0.15) is 5.69 Å². The first kappa shape index (κ1) is 21.2. The summed E-state index contributed by atoms with van der Waals surface area (Å²) in [7, 11) is 0. The summed E-state index contributed by atoms with van der Waals surface area (Å²) in [4.78, 5) is 22.4. The van der Waals surface area contributed by atoms with Crippen LogP contribution in [-0.2, 0) is 6.18 Å². The molecule has 1 N–H and O–H groups in total. The van der Waals surface area contributed by atoms with Crippen molar-refractivity contribution < 1.29 is 18.0 Å². The second kappa shape index (κ2) is 8.06. The van der Waals surface area contributed by atoms with Gasteiger partial charge >= 0.3 is 6.18 Å². The maximum atomic E-state index is 13.5. The summed E-state index contributed by atoms with van der Waals surface area (Å²) in [6, 6.07) is 20.0. The van der Waals surface area contributed by atoms with Crippen molar-refractivity contribution in [3.63, 3.8) is 0 Å². The van der Waals surface area contributed by atoms with Crippen molar-refractivity contribution >= 4 is 16.8 Å². The molecule has 0 radical (unpaired) electrons. The van der Waals surface area contributed by atoms with E-state index >= 15 is 0 Å². The number of aryl methyl sites for hydroxylation is 1. The minimum absolute atomic E-state index is 0.0837. The number of para-hydroxylation sites is 1. The highest BCUT2D eigenvalue weighted by molar-refractivity contribution is 5.99. The molecule has 1 unspecified atom stereocenters. The molecule has 1 amide bonds. The normalized spacial score (nSPS) is 16.5. The Hall–Kier alpha value is -3.61. The summed E-state index contributed by atoms with van der Waals surface area (Å²) in [5.41, 5.74) is 3.34. The van der Waals surface area contributed by atoms with Crippen LogP contribution in [0.2, 0.25) is 0 Å². The Kier molecular flexibility index (Phi) is 5.19. The van der Waals surface area contributed by atoms with Crippen LogP contribution < -0.4 is 0 Å². The van der Waals surface area contributed by atoms with E-state index in [2.05, 4.69) is 16.0 Å². The van der Waals surface area contributed by atoms with Crippen molar-refractivity contribution in [1.29, 1.82) is 0 Å². The van der Waals surface area contributed by atoms with Crippen molar-refractivity contribution in [2.24, 2.45) is 0 Å². The number of carbonyl (C=O) groups is 1. The first-order chi connectivity index (χ1) is 15.8. The number of aromatic nitrogens is 2. The molecule has 0 aliphatic carbocycles. The molecule has 168 valence electrons.